The number of carbonyl (C=O) groups is 3. The average Bonchev–Trinajstić information content (AvgIpc) is 3.48. The maximum absolute atomic E-state index is 13.1. The molecule has 5 rings (SSSR count). The Kier molecular flexibility index (Phi) is 5.09. The third-order valence-corrected chi connectivity index (χ3v) is 9.24. The molecule has 5 heterocycles. The summed E-state index contributed by atoms with van der Waals surface area (Å²) in [5.74, 6) is -1.20. The van der Waals surface area contributed by atoms with Gasteiger partial charge in [0.05, 0.1) is 25.3 Å². The molecule has 1 aromatic rings. The molecule has 4 aliphatic rings. The lowest BCUT2D eigenvalue weighted by molar-refractivity contribution is -0.162. The van der Waals surface area contributed by atoms with Crippen molar-refractivity contribution in [1.82, 2.24) is 19.6 Å². The third kappa shape index (κ3) is 3.20. The first-order chi connectivity index (χ1) is 14.8. The van der Waals surface area contributed by atoms with E-state index in [0.29, 0.717) is 18.8 Å². The summed E-state index contributed by atoms with van der Waals surface area (Å²) in [6.45, 7) is 4.16. The van der Waals surface area contributed by atoms with Gasteiger partial charge in [-0.25, -0.2) is 4.79 Å². The van der Waals surface area contributed by atoms with Gasteiger partial charge in [-0.05, 0) is 6.07 Å². The Morgan fingerprint density at radius 3 is 2.90 bits per heavy atom. The van der Waals surface area contributed by atoms with E-state index in [0.717, 1.165) is 29.7 Å². The molecule has 0 aromatic carbocycles. The molecule has 1 N–H and O–H groups in total. The number of aromatic nitrogens is 2. The molecule has 1 aromatic heterocycles. The van der Waals surface area contributed by atoms with Crippen molar-refractivity contribution in [2.45, 2.75) is 35.8 Å². The van der Waals surface area contributed by atoms with Gasteiger partial charge in [0, 0.05) is 24.6 Å². The van der Waals surface area contributed by atoms with E-state index in [4.69, 9.17) is 4.74 Å². The SMILES string of the molecule is CC(=O)OC(c1cc2n(n1)CCN(C1=NCCS1)C2)C1(Br)C(=O)N2C(C(=O)O)=CS[C@@H]21. The summed E-state index contributed by atoms with van der Waals surface area (Å²) in [5, 5.41) is 15.9. The summed E-state index contributed by atoms with van der Waals surface area (Å²) in [6, 6.07) is 1.85. The molecule has 164 valence electrons. The van der Waals surface area contributed by atoms with Crippen LogP contribution in [0.2, 0.25) is 0 Å². The van der Waals surface area contributed by atoms with E-state index in [1.54, 1.807) is 11.8 Å². The minimum absolute atomic E-state index is 0.0775. The molecule has 4 aliphatic heterocycles. The Balaban J connectivity index is 1.44. The second kappa shape index (κ2) is 7.55. The van der Waals surface area contributed by atoms with Crippen molar-refractivity contribution in [2.75, 3.05) is 18.8 Å². The zero-order valence-corrected chi connectivity index (χ0v) is 19.6. The number of carboxylic acid groups (broad SMARTS) is 1. The Hall–Kier alpha value is -1.99. The summed E-state index contributed by atoms with van der Waals surface area (Å²) in [7, 11) is 0. The number of esters is 1. The molecular formula is C18H18BrN5O5S2. The van der Waals surface area contributed by atoms with E-state index in [2.05, 4.69) is 30.9 Å². The van der Waals surface area contributed by atoms with E-state index in [1.807, 2.05) is 10.7 Å². The van der Waals surface area contributed by atoms with E-state index < -0.39 is 33.6 Å². The molecule has 2 unspecified atom stereocenters. The van der Waals surface area contributed by atoms with Crippen LogP contribution >= 0.6 is 39.5 Å². The van der Waals surface area contributed by atoms with Crippen molar-refractivity contribution in [3.05, 3.63) is 28.6 Å². The van der Waals surface area contributed by atoms with Crippen LogP contribution < -0.4 is 0 Å². The summed E-state index contributed by atoms with van der Waals surface area (Å²) >= 11 is 6.45. The number of amidine groups is 1. The molecular weight excluding hydrogens is 510 g/mol. The molecule has 1 amide bonds. The maximum atomic E-state index is 13.1. The Morgan fingerprint density at radius 1 is 1.42 bits per heavy atom. The minimum Gasteiger partial charge on any atom is -0.477 e. The molecule has 0 spiro atoms. The zero-order chi connectivity index (χ0) is 21.9. The first-order valence-electron chi connectivity index (χ1n) is 9.58. The van der Waals surface area contributed by atoms with Crippen molar-refractivity contribution in [1.29, 1.82) is 0 Å². The summed E-state index contributed by atoms with van der Waals surface area (Å²) in [5.41, 5.74) is 1.32. The van der Waals surface area contributed by atoms with Crippen molar-refractivity contribution in [2.24, 2.45) is 4.99 Å². The smallest absolute Gasteiger partial charge is 0.353 e. The van der Waals surface area contributed by atoms with E-state index in [9.17, 15) is 19.5 Å². The Morgan fingerprint density at radius 2 is 2.23 bits per heavy atom. The summed E-state index contributed by atoms with van der Waals surface area (Å²) in [6.07, 6.45) is -0.988. The predicted octanol–water partition coefficient (Wildman–Crippen LogP) is 1.38. The molecule has 31 heavy (non-hydrogen) atoms. The molecule has 0 bridgehead atoms. The highest BCUT2D eigenvalue weighted by atomic mass is 79.9. The number of aliphatic imine (C=N–C) groups is 1. The van der Waals surface area contributed by atoms with Gasteiger partial charge in [0.1, 0.15) is 16.8 Å². The van der Waals surface area contributed by atoms with Crippen LogP contribution in [0.3, 0.4) is 0 Å². The first-order valence-corrected chi connectivity index (χ1v) is 12.3. The fourth-order valence-corrected chi connectivity index (χ4v) is 7.28. The topological polar surface area (TPSA) is 117 Å². The lowest BCUT2D eigenvalue weighted by Crippen LogP contribution is -2.70. The number of hydrogen-bond acceptors (Lipinski definition) is 9. The number of amides is 1. The minimum atomic E-state index is -1.30. The number of carboxylic acids is 1. The van der Waals surface area contributed by atoms with Crippen LogP contribution in [0.1, 0.15) is 24.4 Å². The van der Waals surface area contributed by atoms with Gasteiger partial charge in [-0.3, -0.25) is 24.2 Å². The monoisotopic (exact) mass is 527 g/mol. The number of aliphatic carboxylic acids is 1. The lowest BCUT2D eigenvalue weighted by Gasteiger charge is -2.51. The highest BCUT2D eigenvalue weighted by molar-refractivity contribution is 9.10. The molecule has 0 aliphatic carbocycles. The second-order valence-electron chi connectivity index (χ2n) is 7.45. The number of thioether (sulfide) groups is 2. The average molecular weight is 528 g/mol. The van der Waals surface area contributed by atoms with Gasteiger partial charge in [-0.2, -0.15) is 5.10 Å². The van der Waals surface area contributed by atoms with Crippen molar-refractivity contribution < 1.29 is 24.2 Å². The fourth-order valence-electron chi connectivity index (χ4n) is 4.12. The highest BCUT2D eigenvalue weighted by Gasteiger charge is 2.69. The van der Waals surface area contributed by atoms with Crippen LogP contribution in [-0.2, 0) is 32.2 Å². The second-order valence-corrected chi connectivity index (χ2v) is 10.8. The van der Waals surface area contributed by atoms with Crippen LogP contribution in [-0.4, -0.2) is 76.2 Å². The quantitative estimate of drug-likeness (QED) is 0.352. The summed E-state index contributed by atoms with van der Waals surface area (Å²) in [4.78, 5) is 44.3. The van der Waals surface area contributed by atoms with Crippen LogP contribution in [0.4, 0.5) is 0 Å². The van der Waals surface area contributed by atoms with Crippen LogP contribution in [0.5, 0.6) is 0 Å². The van der Waals surface area contributed by atoms with Crippen molar-refractivity contribution >= 4 is 62.5 Å². The largest absolute Gasteiger partial charge is 0.477 e. The van der Waals surface area contributed by atoms with Gasteiger partial charge in [-0.15, -0.1) is 11.8 Å². The number of β-lactam (4-membered cyclic amide) rings is 1. The summed E-state index contributed by atoms with van der Waals surface area (Å²) < 4.78 is 6.15. The number of rotatable bonds is 4. The standard InChI is InChI=1S/C18H18BrN5O5S2/c1-9(25)29-13(18(19)15(28)24-12(14(26)27)8-31-16(18)24)11-6-10-7-22(3-4-23(10)21-11)17-20-2-5-30-17/h6,8,13,16H,2-5,7H2,1H3,(H,26,27)/t13?,16-,18?/m1/s1. The van der Waals surface area contributed by atoms with E-state index >= 15 is 0 Å². The Labute approximate surface area is 194 Å². The van der Waals surface area contributed by atoms with E-state index in [-0.39, 0.29) is 5.70 Å². The number of fused-ring (bicyclic) bond motifs is 2. The van der Waals surface area contributed by atoms with Crippen LogP contribution in [0, 0.1) is 0 Å². The van der Waals surface area contributed by atoms with Crippen LogP contribution in [0.15, 0.2) is 22.2 Å². The molecule has 13 heteroatoms. The van der Waals surface area contributed by atoms with Gasteiger partial charge in [0.2, 0.25) is 0 Å². The number of carbonyl (C=O) groups excluding carboxylic acids is 2. The molecule has 3 atom stereocenters. The van der Waals surface area contributed by atoms with E-state index in [1.165, 1.54) is 29.0 Å². The molecule has 0 radical (unpaired) electrons. The first kappa shape index (κ1) is 20.9. The number of hydrogen-bond donors (Lipinski definition) is 1. The molecule has 1 saturated heterocycles. The lowest BCUT2D eigenvalue weighted by atomic mass is 9.88. The van der Waals surface area contributed by atoms with Crippen molar-refractivity contribution in [3.8, 4) is 0 Å². The third-order valence-electron chi connectivity index (χ3n) is 5.52. The number of halogens is 1. The van der Waals surface area contributed by atoms with Gasteiger partial charge >= 0.3 is 11.9 Å². The number of alkyl halides is 1. The maximum Gasteiger partial charge on any atom is 0.353 e. The number of nitrogens with zero attached hydrogens (tertiary/aromatic N) is 5. The highest BCUT2D eigenvalue weighted by Crippen LogP contribution is 2.57. The van der Waals surface area contributed by atoms with Crippen LogP contribution in [0.25, 0.3) is 0 Å². The number of ether oxygens (including phenoxy) is 1. The normalized spacial score (nSPS) is 27.8. The van der Waals surface area contributed by atoms with Crippen molar-refractivity contribution in [3.63, 3.8) is 0 Å². The predicted molar refractivity (Wildman–Crippen MR) is 118 cm³/mol. The Bertz CT molecular complexity index is 1060. The van der Waals surface area contributed by atoms with Gasteiger partial charge < -0.3 is 14.7 Å². The van der Waals surface area contributed by atoms with Gasteiger partial charge in [-0.1, -0.05) is 27.7 Å². The molecule has 1 fully saturated rings. The van der Waals surface area contributed by atoms with Gasteiger partial charge in [0.25, 0.3) is 5.91 Å². The molecule has 0 saturated carbocycles. The fraction of sp³-hybridized carbons (Fsp3) is 0.500. The van der Waals surface area contributed by atoms with Gasteiger partial charge in [0.15, 0.2) is 15.6 Å². The molecule has 10 nitrogen and oxygen atoms in total. The zero-order valence-electron chi connectivity index (χ0n) is 16.4.